The first-order chi connectivity index (χ1) is 13.0. The predicted molar refractivity (Wildman–Crippen MR) is 102 cm³/mol. The monoisotopic (exact) mass is 381 g/mol. The molecule has 0 atom stereocenters. The number of phenolic OH excluding ortho intramolecular Hbond substituents is 1. The van der Waals surface area contributed by atoms with Crippen molar-refractivity contribution in [1.82, 2.24) is 0 Å². The second kappa shape index (κ2) is 7.88. The zero-order chi connectivity index (χ0) is 19.4. The van der Waals surface area contributed by atoms with Crippen LogP contribution in [0.1, 0.15) is 16.7 Å². The number of benzene rings is 3. The van der Waals surface area contributed by atoms with E-state index in [0.717, 1.165) is 5.56 Å². The van der Waals surface area contributed by atoms with Gasteiger partial charge in [0.25, 0.3) is 5.69 Å². The summed E-state index contributed by atoms with van der Waals surface area (Å²) < 4.78 is 0. The van der Waals surface area contributed by atoms with Gasteiger partial charge in [0.2, 0.25) is 0 Å². The molecule has 27 heavy (non-hydrogen) atoms. The molecule has 0 aromatic heterocycles. The molecule has 0 aliphatic rings. The minimum atomic E-state index is -0.734. The number of aromatic hydroxyl groups is 1. The molecule has 0 saturated carbocycles. The number of hydrogen-bond donors (Lipinski definition) is 1. The third-order valence-electron chi connectivity index (χ3n) is 3.93. The van der Waals surface area contributed by atoms with Crippen LogP contribution in [-0.2, 0) is 6.42 Å². The Hall–Kier alpha value is -3.38. The summed E-state index contributed by atoms with van der Waals surface area (Å²) in [6.07, 6.45) is 1.55. The van der Waals surface area contributed by atoms with Crippen LogP contribution < -0.4 is 5.11 Å². The van der Waals surface area contributed by atoms with E-state index >= 15 is 0 Å². The molecule has 3 rings (SSSR count). The van der Waals surface area contributed by atoms with E-state index in [0.29, 0.717) is 17.0 Å². The fraction of sp³-hybridized carbons (Fsp3) is 0.0500. The SMILES string of the molecule is O=[N+]([O-])c1cc(Cc2ccccc2Cl)cc(C=Nc2ccccc2O)c1[O-]. The number of hydrogen-bond acceptors (Lipinski definition) is 5. The topological polar surface area (TPSA) is 98.8 Å². The highest BCUT2D eigenvalue weighted by Gasteiger charge is 2.13. The maximum atomic E-state index is 12.4. The van der Waals surface area contributed by atoms with Crippen molar-refractivity contribution in [3.63, 3.8) is 0 Å². The molecule has 3 aromatic rings. The number of nitrogens with zero attached hydrogens (tertiary/aromatic N) is 2. The average molecular weight is 382 g/mol. The zero-order valence-corrected chi connectivity index (χ0v) is 14.8. The van der Waals surface area contributed by atoms with Gasteiger partial charge in [-0.25, -0.2) is 0 Å². The Labute approximate surface area is 160 Å². The van der Waals surface area contributed by atoms with Crippen molar-refractivity contribution >= 4 is 29.2 Å². The lowest BCUT2D eigenvalue weighted by Gasteiger charge is -2.13. The second-order valence-electron chi connectivity index (χ2n) is 5.81. The summed E-state index contributed by atoms with van der Waals surface area (Å²) in [5.41, 5.74) is 1.15. The predicted octanol–water partition coefficient (Wildman–Crippen LogP) is 4.37. The van der Waals surface area contributed by atoms with Crippen LogP contribution in [-0.4, -0.2) is 16.2 Å². The molecule has 7 heteroatoms. The standard InChI is InChI=1S/C20H15ClN2O4/c21-16-6-2-1-5-14(16)9-13-10-15(20(25)18(11-13)23(26)27)12-22-17-7-3-4-8-19(17)24/h1-8,10-12,24-25H,9H2/p-1. The Balaban J connectivity index is 2.02. The lowest BCUT2D eigenvalue weighted by atomic mass is 10.0. The molecule has 6 nitrogen and oxygen atoms in total. The molecule has 0 aliphatic carbocycles. The summed E-state index contributed by atoms with van der Waals surface area (Å²) in [7, 11) is 0. The summed E-state index contributed by atoms with van der Waals surface area (Å²) in [6.45, 7) is 0. The Morgan fingerprint density at radius 3 is 2.52 bits per heavy atom. The van der Waals surface area contributed by atoms with E-state index in [1.165, 1.54) is 18.3 Å². The van der Waals surface area contributed by atoms with Gasteiger partial charge in [0.15, 0.2) is 0 Å². The van der Waals surface area contributed by atoms with Gasteiger partial charge in [-0.05, 0) is 53.1 Å². The Kier molecular flexibility index (Phi) is 5.38. The molecule has 0 radical (unpaired) electrons. The summed E-state index contributed by atoms with van der Waals surface area (Å²) in [6, 6.07) is 16.3. The maximum absolute atomic E-state index is 12.4. The third kappa shape index (κ3) is 4.24. The van der Waals surface area contributed by atoms with Gasteiger partial charge in [0, 0.05) is 17.3 Å². The number of phenols is 1. The van der Waals surface area contributed by atoms with Gasteiger partial charge in [-0.15, -0.1) is 0 Å². The number of nitro benzene ring substituents is 1. The summed E-state index contributed by atoms with van der Waals surface area (Å²) in [4.78, 5) is 14.6. The highest BCUT2D eigenvalue weighted by molar-refractivity contribution is 6.31. The Bertz CT molecular complexity index is 1030. The number of para-hydroxylation sites is 2. The van der Waals surface area contributed by atoms with E-state index in [9.17, 15) is 20.3 Å². The van der Waals surface area contributed by atoms with Crippen molar-refractivity contribution in [2.24, 2.45) is 4.99 Å². The molecule has 1 N–H and O–H groups in total. The molecule has 0 saturated heterocycles. The molecular weight excluding hydrogens is 368 g/mol. The molecule has 3 aromatic carbocycles. The third-order valence-corrected chi connectivity index (χ3v) is 4.30. The molecule has 136 valence electrons. The Morgan fingerprint density at radius 1 is 1.11 bits per heavy atom. The van der Waals surface area contributed by atoms with Crippen LogP contribution in [0.5, 0.6) is 11.5 Å². The van der Waals surface area contributed by atoms with Gasteiger partial charge in [0.1, 0.15) is 11.4 Å². The quantitative estimate of drug-likeness (QED) is 0.403. The van der Waals surface area contributed by atoms with E-state index in [4.69, 9.17) is 11.6 Å². The van der Waals surface area contributed by atoms with Crippen molar-refractivity contribution in [3.8, 4) is 11.5 Å². The number of nitro groups is 1. The molecule has 0 unspecified atom stereocenters. The van der Waals surface area contributed by atoms with Gasteiger partial charge in [0.05, 0.1) is 4.92 Å². The number of rotatable bonds is 5. The van der Waals surface area contributed by atoms with Crippen molar-refractivity contribution < 1.29 is 15.1 Å². The van der Waals surface area contributed by atoms with E-state index in [-0.39, 0.29) is 17.0 Å². The smallest absolute Gasteiger partial charge is 0.262 e. The summed E-state index contributed by atoms with van der Waals surface area (Å²) in [5, 5.41) is 33.9. The van der Waals surface area contributed by atoms with Crippen LogP contribution >= 0.6 is 11.6 Å². The molecule has 0 amide bonds. The average Bonchev–Trinajstić information content (AvgIpc) is 2.64. The molecule has 0 spiro atoms. The van der Waals surface area contributed by atoms with Gasteiger partial charge >= 0.3 is 0 Å². The molecule has 0 heterocycles. The lowest BCUT2D eigenvalue weighted by molar-refractivity contribution is -0.398. The van der Waals surface area contributed by atoms with E-state index in [2.05, 4.69) is 4.99 Å². The zero-order valence-electron chi connectivity index (χ0n) is 14.0. The fourth-order valence-electron chi connectivity index (χ4n) is 2.60. The highest BCUT2D eigenvalue weighted by atomic mass is 35.5. The lowest BCUT2D eigenvalue weighted by Crippen LogP contribution is -2.04. The summed E-state index contributed by atoms with van der Waals surface area (Å²) >= 11 is 6.16. The molecule has 0 aliphatic heterocycles. The largest absolute Gasteiger partial charge is 0.867 e. The minimum absolute atomic E-state index is 0.0529. The molecule has 0 fully saturated rings. The second-order valence-corrected chi connectivity index (χ2v) is 6.21. The highest BCUT2D eigenvalue weighted by Crippen LogP contribution is 2.31. The van der Waals surface area contributed by atoms with Crippen molar-refractivity contribution in [2.45, 2.75) is 6.42 Å². The van der Waals surface area contributed by atoms with Crippen LogP contribution in [0, 0.1) is 10.1 Å². The van der Waals surface area contributed by atoms with Crippen LogP contribution in [0.4, 0.5) is 11.4 Å². The normalized spacial score (nSPS) is 11.0. The minimum Gasteiger partial charge on any atom is -0.867 e. The van der Waals surface area contributed by atoms with Crippen LogP contribution in [0.3, 0.4) is 0 Å². The van der Waals surface area contributed by atoms with Gasteiger partial charge in [-0.1, -0.05) is 41.9 Å². The first-order valence-corrected chi connectivity index (χ1v) is 8.37. The van der Waals surface area contributed by atoms with Crippen molar-refractivity contribution in [3.05, 3.63) is 92.5 Å². The number of aliphatic imine (C=N–C) groups is 1. The fourth-order valence-corrected chi connectivity index (χ4v) is 2.81. The summed E-state index contributed by atoms with van der Waals surface area (Å²) in [5.74, 6) is -0.787. The first-order valence-electron chi connectivity index (χ1n) is 7.99. The van der Waals surface area contributed by atoms with Crippen LogP contribution in [0.25, 0.3) is 0 Å². The Morgan fingerprint density at radius 2 is 1.81 bits per heavy atom. The van der Waals surface area contributed by atoms with E-state index in [1.807, 2.05) is 12.1 Å². The molecule has 0 bridgehead atoms. The van der Waals surface area contributed by atoms with Crippen molar-refractivity contribution in [2.75, 3.05) is 0 Å². The van der Waals surface area contributed by atoms with Crippen LogP contribution in [0.15, 0.2) is 65.7 Å². The number of halogens is 1. The first kappa shape index (κ1) is 18.4. The maximum Gasteiger partial charge on any atom is 0.262 e. The van der Waals surface area contributed by atoms with Gasteiger partial charge in [-0.3, -0.25) is 15.1 Å². The van der Waals surface area contributed by atoms with E-state index < -0.39 is 16.4 Å². The molecular formula is C20H14ClN2O4-. The van der Waals surface area contributed by atoms with E-state index in [1.54, 1.807) is 36.4 Å². The van der Waals surface area contributed by atoms with Gasteiger partial charge < -0.3 is 10.2 Å². The van der Waals surface area contributed by atoms with Crippen molar-refractivity contribution in [1.29, 1.82) is 0 Å². The van der Waals surface area contributed by atoms with Crippen LogP contribution in [0.2, 0.25) is 5.02 Å². The van der Waals surface area contributed by atoms with Gasteiger partial charge in [-0.2, -0.15) is 0 Å².